The molecule has 16 heavy (non-hydrogen) atoms. The van der Waals surface area contributed by atoms with E-state index in [-0.39, 0.29) is 0 Å². The minimum Gasteiger partial charge on any atom is -0.313 e. The first-order valence-electron chi connectivity index (χ1n) is 5.61. The van der Waals surface area contributed by atoms with E-state index in [1.165, 1.54) is 5.57 Å². The molecule has 3 heteroatoms. The first kappa shape index (κ1) is 10.9. The average molecular weight is 215 g/mol. The van der Waals surface area contributed by atoms with E-state index in [2.05, 4.69) is 30.2 Å². The largest absolute Gasteiger partial charge is 0.313 e. The summed E-state index contributed by atoms with van der Waals surface area (Å²) in [7, 11) is 0. The van der Waals surface area contributed by atoms with Gasteiger partial charge in [-0.05, 0) is 31.7 Å². The summed E-state index contributed by atoms with van der Waals surface area (Å²) < 4.78 is 2.03. The molecule has 2 aromatic rings. The molecule has 0 aliphatic rings. The topological polar surface area (TPSA) is 29.3 Å². The fourth-order valence-corrected chi connectivity index (χ4v) is 1.65. The number of fused-ring (bicyclic) bond motifs is 1. The molecule has 0 amide bonds. The summed E-state index contributed by atoms with van der Waals surface area (Å²) in [4.78, 5) is 4.52. The van der Waals surface area contributed by atoms with Crippen LogP contribution >= 0.6 is 0 Å². The van der Waals surface area contributed by atoms with Crippen LogP contribution in [-0.2, 0) is 0 Å². The Bertz CT molecular complexity index is 464. The minimum absolute atomic E-state index is 0.921. The Kier molecular flexibility index (Phi) is 3.37. The summed E-state index contributed by atoms with van der Waals surface area (Å²) in [6, 6.07) is 6.02. The molecular formula is C13H17N3. The van der Waals surface area contributed by atoms with Gasteiger partial charge in [0.15, 0.2) is 0 Å². The first-order valence-corrected chi connectivity index (χ1v) is 5.61. The predicted molar refractivity (Wildman–Crippen MR) is 67.4 cm³/mol. The van der Waals surface area contributed by atoms with E-state index in [0.717, 1.165) is 24.4 Å². The van der Waals surface area contributed by atoms with Crippen molar-refractivity contribution in [3.63, 3.8) is 0 Å². The fourth-order valence-electron chi connectivity index (χ4n) is 1.65. The minimum atomic E-state index is 0.921. The van der Waals surface area contributed by atoms with Crippen molar-refractivity contribution in [3.8, 4) is 0 Å². The first-order chi connectivity index (χ1) is 7.79. The highest BCUT2D eigenvalue weighted by Gasteiger charge is 1.98. The Balaban J connectivity index is 2.20. The number of pyridine rings is 1. The fraction of sp³-hybridized carbons (Fsp3) is 0.308. The lowest BCUT2D eigenvalue weighted by Crippen LogP contribution is -2.14. The van der Waals surface area contributed by atoms with Crippen LogP contribution in [0.3, 0.4) is 0 Å². The van der Waals surface area contributed by atoms with Crippen LogP contribution < -0.4 is 5.32 Å². The van der Waals surface area contributed by atoms with Gasteiger partial charge in [0.25, 0.3) is 0 Å². The summed E-state index contributed by atoms with van der Waals surface area (Å²) >= 11 is 0. The van der Waals surface area contributed by atoms with Crippen molar-refractivity contribution in [2.24, 2.45) is 0 Å². The van der Waals surface area contributed by atoms with Gasteiger partial charge in [-0.3, -0.25) is 0 Å². The zero-order valence-corrected chi connectivity index (χ0v) is 9.77. The second-order valence-electron chi connectivity index (χ2n) is 3.90. The zero-order chi connectivity index (χ0) is 11.4. The molecule has 0 atom stereocenters. The van der Waals surface area contributed by atoms with E-state index < -0.39 is 0 Å². The molecule has 0 aromatic carbocycles. The van der Waals surface area contributed by atoms with Crippen LogP contribution in [0, 0.1) is 0 Å². The number of hydrogen-bond acceptors (Lipinski definition) is 2. The third-order valence-corrected chi connectivity index (χ3v) is 2.43. The molecule has 2 aromatic heterocycles. The van der Waals surface area contributed by atoms with Gasteiger partial charge in [-0.1, -0.05) is 18.6 Å². The summed E-state index contributed by atoms with van der Waals surface area (Å²) in [6.07, 6.45) is 6.18. The summed E-state index contributed by atoms with van der Waals surface area (Å²) in [5.41, 5.74) is 3.30. The molecule has 0 radical (unpaired) electrons. The van der Waals surface area contributed by atoms with Crippen molar-refractivity contribution >= 4 is 11.7 Å². The van der Waals surface area contributed by atoms with Crippen molar-refractivity contribution in [1.82, 2.24) is 14.7 Å². The monoisotopic (exact) mass is 215 g/mol. The Labute approximate surface area is 95.8 Å². The second-order valence-corrected chi connectivity index (χ2v) is 3.90. The molecule has 0 aliphatic heterocycles. The van der Waals surface area contributed by atoms with E-state index in [1.54, 1.807) is 0 Å². The number of nitrogens with zero attached hydrogens (tertiary/aromatic N) is 2. The van der Waals surface area contributed by atoms with Crippen molar-refractivity contribution in [1.29, 1.82) is 0 Å². The van der Waals surface area contributed by atoms with E-state index in [9.17, 15) is 0 Å². The number of aromatic nitrogens is 2. The van der Waals surface area contributed by atoms with E-state index in [0.29, 0.717) is 0 Å². The van der Waals surface area contributed by atoms with Crippen molar-refractivity contribution in [2.45, 2.75) is 13.8 Å². The molecule has 0 fully saturated rings. The Morgan fingerprint density at radius 2 is 2.38 bits per heavy atom. The summed E-state index contributed by atoms with van der Waals surface area (Å²) in [5.74, 6) is 0. The maximum atomic E-state index is 4.52. The van der Waals surface area contributed by atoms with Crippen LogP contribution in [0.15, 0.2) is 36.2 Å². The molecule has 2 rings (SSSR count). The number of likely N-dealkylation sites (N-methyl/N-ethyl adjacent to an activating group) is 1. The van der Waals surface area contributed by atoms with Gasteiger partial charge in [0.1, 0.15) is 5.65 Å². The van der Waals surface area contributed by atoms with Gasteiger partial charge in [-0.15, -0.1) is 0 Å². The molecule has 84 valence electrons. The molecule has 0 bridgehead atoms. The van der Waals surface area contributed by atoms with Gasteiger partial charge in [0, 0.05) is 18.9 Å². The standard InChI is InChI=1S/C13H17N3/c1-3-14-9-11(2)8-12-10-16-7-5-4-6-13(16)15-12/h4-8,10,14H,3,9H2,1-2H3. The van der Waals surface area contributed by atoms with Crippen LogP contribution in [0.2, 0.25) is 0 Å². The molecule has 3 nitrogen and oxygen atoms in total. The smallest absolute Gasteiger partial charge is 0.137 e. The van der Waals surface area contributed by atoms with Gasteiger partial charge in [-0.25, -0.2) is 4.98 Å². The lowest BCUT2D eigenvalue weighted by molar-refractivity contribution is 0.778. The molecule has 0 spiro atoms. The van der Waals surface area contributed by atoms with Gasteiger partial charge in [-0.2, -0.15) is 0 Å². The summed E-state index contributed by atoms with van der Waals surface area (Å²) in [5, 5.41) is 3.30. The lowest BCUT2D eigenvalue weighted by atomic mass is 10.2. The molecule has 1 N–H and O–H groups in total. The highest BCUT2D eigenvalue weighted by atomic mass is 15.0. The van der Waals surface area contributed by atoms with Crippen molar-refractivity contribution in [3.05, 3.63) is 41.9 Å². The zero-order valence-electron chi connectivity index (χ0n) is 9.77. The molecule has 0 saturated carbocycles. The van der Waals surface area contributed by atoms with E-state index in [4.69, 9.17) is 0 Å². The Hall–Kier alpha value is -1.61. The van der Waals surface area contributed by atoms with Gasteiger partial charge in [0.05, 0.1) is 5.69 Å². The highest BCUT2D eigenvalue weighted by Crippen LogP contribution is 2.08. The van der Waals surface area contributed by atoms with Crippen molar-refractivity contribution in [2.75, 3.05) is 13.1 Å². The Morgan fingerprint density at radius 1 is 1.50 bits per heavy atom. The van der Waals surface area contributed by atoms with Crippen LogP contribution in [0.1, 0.15) is 19.5 Å². The van der Waals surface area contributed by atoms with E-state index in [1.807, 2.05) is 35.0 Å². The SMILES string of the molecule is CCNCC(C)=Cc1cn2ccccc2n1. The maximum absolute atomic E-state index is 4.52. The molecular weight excluding hydrogens is 198 g/mol. The van der Waals surface area contributed by atoms with Gasteiger partial charge in [0.2, 0.25) is 0 Å². The van der Waals surface area contributed by atoms with Gasteiger partial charge < -0.3 is 9.72 Å². The number of imidazole rings is 1. The van der Waals surface area contributed by atoms with E-state index >= 15 is 0 Å². The number of nitrogens with one attached hydrogen (secondary N) is 1. The highest BCUT2D eigenvalue weighted by molar-refractivity contribution is 5.53. The second kappa shape index (κ2) is 4.94. The quantitative estimate of drug-likeness (QED) is 0.848. The third kappa shape index (κ3) is 2.49. The maximum Gasteiger partial charge on any atom is 0.137 e. The number of hydrogen-bond donors (Lipinski definition) is 1. The lowest BCUT2D eigenvalue weighted by Gasteiger charge is -1.99. The van der Waals surface area contributed by atoms with Gasteiger partial charge >= 0.3 is 0 Å². The molecule has 2 heterocycles. The number of rotatable bonds is 4. The van der Waals surface area contributed by atoms with Crippen LogP contribution in [0.5, 0.6) is 0 Å². The molecule has 0 unspecified atom stereocenters. The van der Waals surface area contributed by atoms with Crippen LogP contribution in [0.25, 0.3) is 11.7 Å². The van der Waals surface area contributed by atoms with Crippen molar-refractivity contribution < 1.29 is 0 Å². The van der Waals surface area contributed by atoms with Crippen LogP contribution in [-0.4, -0.2) is 22.5 Å². The Morgan fingerprint density at radius 3 is 3.12 bits per heavy atom. The van der Waals surface area contributed by atoms with Crippen LogP contribution in [0.4, 0.5) is 0 Å². The predicted octanol–water partition coefficient (Wildman–Crippen LogP) is 2.35. The molecule has 0 aliphatic carbocycles. The molecule has 0 saturated heterocycles. The third-order valence-electron chi connectivity index (χ3n) is 2.43. The summed E-state index contributed by atoms with van der Waals surface area (Å²) in [6.45, 7) is 6.14. The average Bonchev–Trinajstić information content (AvgIpc) is 2.68. The normalized spacial score (nSPS) is 12.2.